The van der Waals surface area contributed by atoms with Crippen LogP contribution in [0, 0.1) is 0 Å². The number of phosphoric acid groups is 1. The lowest BCUT2D eigenvalue weighted by Gasteiger charge is -2.36. The van der Waals surface area contributed by atoms with E-state index in [-0.39, 0.29) is 0 Å². The first-order valence-corrected chi connectivity index (χ1v) is 2.19. The van der Waals surface area contributed by atoms with E-state index in [9.17, 15) is 0 Å². The molecule has 32 valence electrons. The Morgan fingerprint density at radius 2 is 1.20 bits per heavy atom. The second kappa shape index (κ2) is 1.06. The van der Waals surface area contributed by atoms with Crippen LogP contribution in [0.4, 0.5) is 0 Å². The van der Waals surface area contributed by atoms with E-state index >= 15 is 0 Å². The third-order valence-electron chi connectivity index (χ3n) is 0. The van der Waals surface area contributed by atoms with Crippen LogP contribution in [0.25, 0.3) is 0 Å². The fourth-order valence-electron chi connectivity index (χ4n) is 0. The summed E-state index contributed by atoms with van der Waals surface area (Å²) in [7, 11) is -5.39. The molecule has 0 unspecified atom stereocenters. The van der Waals surface area contributed by atoms with Crippen LogP contribution in [0.3, 0.4) is 0 Å². The van der Waals surface area contributed by atoms with Crippen molar-refractivity contribution in [2.24, 2.45) is 0 Å². The van der Waals surface area contributed by atoms with E-state index in [1.165, 1.54) is 0 Å². The molecule has 0 aromatic heterocycles. The molecule has 0 bridgehead atoms. The Labute approximate surface area is 28.3 Å². The maximum Gasteiger partial charge on any atom is -0.159 e. The Morgan fingerprint density at radius 1 is 1.20 bits per heavy atom. The molecule has 5 heavy (non-hydrogen) atoms. The van der Waals surface area contributed by atoms with Crippen LogP contribution in [-0.4, -0.2) is 0 Å². The van der Waals surface area contributed by atoms with Crippen molar-refractivity contribution in [3.63, 3.8) is 0 Å². The molecule has 0 saturated heterocycles. The van der Waals surface area contributed by atoms with Gasteiger partial charge in [-0.2, -0.15) is 7.82 Å². The summed E-state index contributed by atoms with van der Waals surface area (Å²) in [6.07, 6.45) is 0. The number of hydrogen-bond donors (Lipinski definition) is 0. The second-order valence-corrected chi connectivity index (χ2v) is 1.34. The van der Waals surface area contributed by atoms with Crippen molar-refractivity contribution < 1.29 is 19.2 Å². The molecule has 0 heterocycles. The zero-order valence-electron chi connectivity index (χ0n) is 2.08. The van der Waals surface area contributed by atoms with Gasteiger partial charge in [-0.25, -0.2) is 0 Å². The van der Waals surface area contributed by atoms with Crippen molar-refractivity contribution in [3.05, 3.63) is 0 Å². The zero-order chi connectivity index (χ0) is 4.50. The largest absolute Gasteiger partial charge is 0.822 e. The molecule has 0 aliphatic heterocycles. The van der Waals surface area contributed by atoms with Gasteiger partial charge in [0, 0.05) is 0 Å². The van der Waals surface area contributed by atoms with Gasteiger partial charge in [0.05, 0.1) is 0 Å². The first-order valence-electron chi connectivity index (χ1n) is 0.730. The molecule has 0 spiro atoms. The molecule has 0 amide bonds. The van der Waals surface area contributed by atoms with Gasteiger partial charge in [0.15, 0.2) is 0 Å². The molecule has 5 heteroatoms. The number of hydrogen-bond acceptors (Lipinski definition) is 4. The van der Waals surface area contributed by atoms with Crippen LogP contribution in [0.15, 0.2) is 0 Å². The smallest absolute Gasteiger partial charge is 0.159 e. The Hall–Kier alpha value is 0.110. The van der Waals surface area contributed by atoms with Gasteiger partial charge in [-0.05, 0) is 0 Å². The highest BCUT2D eigenvalue weighted by atomic mass is 32.2. The third kappa shape index (κ3) is 1510. The first kappa shape index (κ1) is 5.11. The molecular formula is O4P-3. The van der Waals surface area contributed by atoms with E-state index in [2.05, 4.69) is 0 Å². The highest BCUT2D eigenvalue weighted by Gasteiger charge is 1.44. The van der Waals surface area contributed by atoms with E-state index in [0.717, 1.165) is 0 Å². The summed E-state index contributed by atoms with van der Waals surface area (Å²) in [5.74, 6) is 0. The van der Waals surface area contributed by atoms with Crippen molar-refractivity contribution in [1.29, 1.82) is 0 Å². The van der Waals surface area contributed by atoms with E-state index in [0.29, 0.717) is 0 Å². The minimum Gasteiger partial charge on any atom is -0.822 e. The van der Waals surface area contributed by atoms with E-state index < -0.39 is 7.82 Å². The average Bonchev–Trinajstić information content (AvgIpc) is 0.722. The first-order chi connectivity index (χ1) is 2.00. The third-order valence-corrected chi connectivity index (χ3v) is 0. The summed E-state index contributed by atoms with van der Waals surface area (Å²) < 4.78 is 8.55. The molecule has 4 nitrogen and oxygen atoms in total. The van der Waals surface area contributed by atoms with Gasteiger partial charge in [0.25, 0.3) is 0 Å². The van der Waals surface area contributed by atoms with Gasteiger partial charge in [-0.15, -0.1) is 0 Å². The summed E-state index contributed by atoms with van der Waals surface area (Å²) in [5.41, 5.74) is 0. The standard InChI is InChI=1S/H3O4P/c1-5(2,3)4/h(H3,1,2,3,4)/p-3/i5+1. The summed E-state index contributed by atoms with van der Waals surface area (Å²) in [5, 5.41) is 0. The molecule has 0 aromatic rings. The molecule has 0 fully saturated rings. The highest BCUT2D eigenvalue weighted by molar-refractivity contribution is 7.40. The van der Waals surface area contributed by atoms with Gasteiger partial charge < -0.3 is 19.2 Å². The summed E-state index contributed by atoms with van der Waals surface area (Å²) in [6, 6.07) is 0. The van der Waals surface area contributed by atoms with Crippen molar-refractivity contribution in [1.82, 2.24) is 0 Å². The van der Waals surface area contributed by atoms with Crippen LogP contribution in [0.5, 0.6) is 0 Å². The Kier molecular flexibility index (Phi) is 1.09. The zero-order valence-corrected chi connectivity index (χ0v) is 2.97. The Bertz CT molecular complexity index is 49.8. The normalized spacial score (nSPS) is 11.8. The van der Waals surface area contributed by atoms with Crippen molar-refractivity contribution in [2.45, 2.75) is 0 Å². The van der Waals surface area contributed by atoms with Crippen LogP contribution >= 0.6 is 7.82 Å². The van der Waals surface area contributed by atoms with Gasteiger partial charge in [-0.1, -0.05) is 0 Å². The lowest BCUT2D eigenvalue weighted by Crippen LogP contribution is -2.24. The lowest BCUT2D eigenvalue weighted by molar-refractivity contribution is -0.432. The maximum absolute atomic E-state index is 8.55. The summed E-state index contributed by atoms with van der Waals surface area (Å²) in [6.45, 7) is 0. The topological polar surface area (TPSA) is 86.2 Å². The van der Waals surface area contributed by atoms with Crippen LogP contribution in [0.2, 0.25) is 0 Å². The Morgan fingerprint density at radius 3 is 1.20 bits per heavy atom. The van der Waals surface area contributed by atoms with Crippen LogP contribution in [-0.2, 0) is 4.57 Å². The lowest BCUT2D eigenvalue weighted by atomic mass is 15.8. The van der Waals surface area contributed by atoms with Crippen molar-refractivity contribution >= 4 is 7.82 Å². The molecule has 0 aliphatic carbocycles. The molecule has 0 atom stereocenters. The Balaban J connectivity index is 3.47. The van der Waals surface area contributed by atoms with Crippen molar-refractivity contribution in [3.8, 4) is 0 Å². The van der Waals surface area contributed by atoms with Gasteiger partial charge in [0.1, 0.15) is 0 Å². The van der Waals surface area contributed by atoms with Crippen molar-refractivity contribution in [2.75, 3.05) is 0 Å². The monoisotopic (exact) mass is 96.0 g/mol. The fourth-order valence-corrected chi connectivity index (χ4v) is 0. The SMILES string of the molecule is O=[32P]([O-])([O-])[O-]. The van der Waals surface area contributed by atoms with Crippen LogP contribution < -0.4 is 14.7 Å². The molecule has 0 aliphatic rings. The van der Waals surface area contributed by atoms with Gasteiger partial charge in [-0.3, -0.25) is 0 Å². The van der Waals surface area contributed by atoms with Crippen LogP contribution in [0.1, 0.15) is 0 Å². The molecule has 0 radical (unpaired) electrons. The summed E-state index contributed by atoms with van der Waals surface area (Å²) >= 11 is 0. The average molecular weight is 96.0 g/mol. The quantitative estimate of drug-likeness (QED) is 0.304. The molecule has 0 N–H and O–H groups in total. The van der Waals surface area contributed by atoms with E-state index in [1.54, 1.807) is 0 Å². The highest BCUT2D eigenvalue weighted by Crippen LogP contribution is 2.03. The predicted octanol–water partition coefficient (Wildman–Crippen LogP) is -2.82. The second-order valence-electron chi connectivity index (χ2n) is 0.447. The minimum absolute atomic E-state index is 5.39. The summed E-state index contributed by atoms with van der Waals surface area (Å²) in [4.78, 5) is 25.6. The number of rotatable bonds is 0. The fraction of sp³-hybridized carbons (Fsp3) is 0. The molecule has 0 aromatic carbocycles. The molecular weight excluding hydrogens is 96.0 g/mol. The van der Waals surface area contributed by atoms with Gasteiger partial charge in [0.2, 0.25) is 0 Å². The molecule has 0 saturated carbocycles. The molecule has 0 rings (SSSR count). The predicted molar refractivity (Wildman–Crippen MR) is 7.61 cm³/mol. The van der Waals surface area contributed by atoms with E-state index in [4.69, 9.17) is 19.2 Å². The van der Waals surface area contributed by atoms with E-state index in [1.807, 2.05) is 0 Å². The van der Waals surface area contributed by atoms with Gasteiger partial charge >= 0.3 is 0 Å². The minimum atomic E-state index is -5.39. The maximum atomic E-state index is 8.55.